The maximum absolute atomic E-state index is 14.4. The molecule has 2 aromatic carbocycles. The number of hydrogen-bond acceptors (Lipinski definition) is 3. The number of halogens is 5. The van der Waals surface area contributed by atoms with Crippen molar-refractivity contribution in [1.29, 1.82) is 0 Å². The van der Waals surface area contributed by atoms with Crippen LogP contribution in [0.4, 0.5) is 22.0 Å². The molecule has 0 saturated heterocycles. The van der Waals surface area contributed by atoms with E-state index in [0.717, 1.165) is 18.2 Å². The van der Waals surface area contributed by atoms with Gasteiger partial charge in [0.05, 0.1) is 12.2 Å². The second kappa shape index (κ2) is 10.8. The highest BCUT2D eigenvalue weighted by Crippen LogP contribution is 2.32. The van der Waals surface area contributed by atoms with Crippen LogP contribution in [0.15, 0.2) is 54.6 Å². The van der Waals surface area contributed by atoms with Gasteiger partial charge in [-0.1, -0.05) is 12.1 Å². The van der Waals surface area contributed by atoms with Crippen LogP contribution in [-0.2, 0) is 10.9 Å². The Hall–Kier alpha value is -3.10. The molecule has 2 rings (SSSR count). The molecule has 168 valence electrons. The van der Waals surface area contributed by atoms with Crippen LogP contribution in [-0.4, -0.2) is 23.9 Å². The minimum atomic E-state index is -4.16. The summed E-state index contributed by atoms with van der Waals surface area (Å²) in [5.41, 5.74) is 0.109. The SMILES string of the molecule is O=C(O)C=Cc1ccc(OC(F)(F)c2ccc(OCCCCCC(F)(F)F)cc2)cc1. The molecule has 0 aromatic heterocycles. The molecule has 31 heavy (non-hydrogen) atoms. The van der Waals surface area contributed by atoms with Crippen LogP contribution in [0.2, 0.25) is 0 Å². The largest absolute Gasteiger partial charge is 0.494 e. The minimum Gasteiger partial charge on any atom is -0.494 e. The molecule has 0 fully saturated rings. The number of ether oxygens (including phenoxy) is 2. The van der Waals surface area contributed by atoms with Crippen LogP contribution in [0.25, 0.3) is 6.08 Å². The number of carboxylic acids is 1. The van der Waals surface area contributed by atoms with E-state index in [9.17, 15) is 26.7 Å². The topological polar surface area (TPSA) is 55.8 Å². The summed E-state index contributed by atoms with van der Waals surface area (Å²) in [5, 5.41) is 8.58. The summed E-state index contributed by atoms with van der Waals surface area (Å²) in [4.78, 5) is 10.5. The van der Waals surface area contributed by atoms with E-state index in [1.165, 1.54) is 42.5 Å². The van der Waals surface area contributed by atoms with Gasteiger partial charge < -0.3 is 14.6 Å². The lowest BCUT2D eigenvalue weighted by Gasteiger charge is -2.18. The molecule has 4 nitrogen and oxygen atoms in total. The lowest BCUT2D eigenvalue weighted by molar-refractivity contribution is -0.185. The third kappa shape index (κ3) is 9.06. The van der Waals surface area contributed by atoms with Crippen molar-refractivity contribution >= 4 is 12.0 Å². The van der Waals surface area contributed by atoms with Gasteiger partial charge in [0, 0.05) is 12.5 Å². The fourth-order valence-electron chi connectivity index (χ4n) is 2.56. The molecule has 0 aliphatic heterocycles. The van der Waals surface area contributed by atoms with E-state index in [0.29, 0.717) is 24.2 Å². The van der Waals surface area contributed by atoms with E-state index < -0.39 is 30.2 Å². The number of aliphatic carboxylic acids is 1. The number of unbranched alkanes of at least 4 members (excludes halogenated alkanes) is 2. The summed E-state index contributed by atoms with van der Waals surface area (Å²) >= 11 is 0. The molecule has 0 heterocycles. The highest BCUT2D eigenvalue weighted by molar-refractivity contribution is 5.85. The minimum absolute atomic E-state index is 0.0200. The molecule has 0 atom stereocenters. The first-order chi connectivity index (χ1) is 14.5. The van der Waals surface area contributed by atoms with Gasteiger partial charge in [-0.15, -0.1) is 0 Å². The van der Waals surface area contributed by atoms with Gasteiger partial charge in [-0.05, 0) is 67.3 Å². The van der Waals surface area contributed by atoms with Gasteiger partial charge in [-0.25, -0.2) is 4.79 Å². The summed E-state index contributed by atoms with van der Waals surface area (Å²) in [6, 6.07) is 10.4. The Morgan fingerprint density at radius 3 is 2.06 bits per heavy atom. The van der Waals surface area contributed by atoms with Crippen molar-refractivity contribution in [2.75, 3.05) is 6.61 Å². The van der Waals surface area contributed by atoms with Crippen molar-refractivity contribution in [3.63, 3.8) is 0 Å². The number of carboxylic acid groups (broad SMARTS) is 1. The molecule has 2 aromatic rings. The van der Waals surface area contributed by atoms with Crippen molar-refractivity contribution in [2.24, 2.45) is 0 Å². The Bertz CT molecular complexity index is 859. The maximum Gasteiger partial charge on any atom is 0.426 e. The van der Waals surface area contributed by atoms with Crippen LogP contribution in [0.3, 0.4) is 0 Å². The Labute approximate surface area is 175 Å². The van der Waals surface area contributed by atoms with Gasteiger partial charge in [-0.3, -0.25) is 0 Å². The monoisotopic (exact) mass is 444 g/mol. The van der Waals surface area contributed by atoms with Crippen molar-refractivity contribution in [1.82, 2.24) is 0 Å². The van der Waals surface area contributed by atoms with Crippen molar-refractivity contribution in [2.45, 2.75) is 38.0 Å². The third-order valence-corrected chi connectivity index (χ3v) is 4.11. The fraction of sp³-hybridized carbons (Fsp3) is 0.318. The highest BCUT2D eigenvalue weighted by Gasteiger charge is 2.34. The Morgan fingerprint density at radius 1 is 0.871 bits per heavy atom. The number of rotatable bonds is 11. The Balaban J connectivity index is 1.84. The van der Waals surface area contributed by atoms with Gasteiger partial charge in [0.15, 0.2) is 0 Å². The van der Waals surface area contributed by atoms with E-state index in [-0.39, 0.29) is 18.8 Å². The van der Waals surface area contributed by atoms with Crippen molar-refractivity contribution in [3.05, 3.63) is 65.7 Å². The lowest BCUT2D eigenvalue weighted by atomic mass is 10.2. The molecule has 0 amide bonds. The molecule has 9 heteroatoms. The first kappa shape index (κ1) is 24.2. The standard InChI is InChI=1S/C22H21F5O4/c23-21(24,25)14-2-1-3-15-30-18-11-7-17(8-12-18)22(26,27)31-19-9-4-16(5-10-19)6-13-20(28)29/h4-13H,1-3,14-15H2,(H,28,29). The first-order valence-electron chi connectivity index (χ1n) is 9.43. The molecule has 0 saturated carbocycles. The van der Waals surface area contributed by atoms with Crippen molar-refractivity contribution < 1.29 is 41.3 Å². The van der Waals surface area contributed by atoms with E-state index in [4.69, 9.17) is 14.6 Å². The fourth-order valence-corrected chi connectivity index (χ4v) is 2.56. The lowest BCUT2D eigenvalue weighted by Crippen LogP contribution is -2.21. The molecule has 0 bridgehead atoms. The van der Waals surface area contributed by atoms with Crippen LogP contribution in [0.5, 0.6) is 11.5 Å². The zero-order valence-electron chi connectivity index (χ0n) is 16.4. The molecule has 0 aliphatic rings. The highest BCUT2D eigenvalue weighted by atomic mass is 19.4. The van der Waals surface area contributed by atoms with Gasteiger partial charge in [0.2, 0.25) is 0 Å². The average molecular weight is 444 g/mol. The van der Waals surface area contributed by atoms with Gasteiger partial charge in [0.1, 0.15) is 11.5 Å². The number of hydrogen-bond donors (Lipinski definition) is 1. The maximum atomic E-state index is 14.4. The van der Waals surface area contributed by atoms with E-state index in [1.54, 1.807) is 0 Å². The van der Waals surface area contributed by atoms with E-state index in [2.05, 4.69) is 0 Å². The smallest absolute Gasteiger partial charge is 0.426 e. The number of alkyl halides is 5. The summed E-state index contributed by atoms with van der Waals surface area (Å²) in [6.07, 6.45) is -5.57. The van der Waals surface area contributed by atoms with Crippen LogP contribution in [0.1, 0.15) is 36.8 Å². The number of benzene rings is 2. The first-order valence-corrected chi connectivity index (χ1v) is 9.43. The summed E-state index contributed by atoms with van der Waals surface area (Å²) in [6.45, 7) is 0.187. The molecule has 0 aliphatic carbocycles. The van der Waals surface area contributed by atoms with E-state index >= 15 is 0 Å². The molecule has 0 unspecified atom stereocenters. The molecule has 1 N–H and O–H groups in total. The van der Waals surface area contributed by atoms with Gasteiger partial charge in [0.25, 0.3) is 0 Å². The van der Waals surface area contributed by atoms with Crippen LogP contribution >= 0.6 is 0 Å². The summed E-state index contributed by atoms with van der Waals surface area (Å²) in [7, 11) is 0. The predicted octanol–water partition coefficient (Wildman–Crippen LogP) is 6.41. The van der Waals surface area contributed by atoms with Gasteiger partial charge in [-0.2, -0.15) is 22.0 Å². The predicted molar refractivity (Wildman–Crippen MR) is 104 cm³/mol. The number of carbonyl (C=O) groups is 1. The third-order valence-electron chi connectivity index (χ3n) is 4.11. The molecular weight excluding hydrogens is 423 g/mol. The Morgan fingerprint density at radius 2 is 1.48 bits per heavy atom. The van der Waals surface area contributed by atoms with Crippen LogP contribution in [0, 0.1) is 0 Å². The quantitative estimate of drug-likeness (QED) is 0.247. The normalized spacial score (nSPS) is 12.2. The average Bonchev–Trinajstić information content (AvgIpc) is 2.69. The Kier molecular flexibility index (Phi) is 8.41. The van der Waals surface area contributed by atoms with Gasteiger partial charge >= 0.3 is 18.3 Å². The molecule has 0 spiro atoms. The zero-order valence-corrected chi connectivity index (χ0v) is 16.4. The van der Waals surface area contributed by atoms with E-state index in [1.807, 2.05) is 0 Å². The van der Waals surface area contributed by atoms with Crippen LogP contribution < -0.4 is 9.47 Å². The van der Waals surface area contributed by atoms with Crippen molar-refractivity contribution in [3.8, 4) is 11.5 Å². The molecular formula is C22H21F5O4. The second-order valence-electron chi connectivity index (χ2n) is 6.66. The second-order valence-corrected chi connectivity index (χ2v) is 6.66. The molecule has 0 radical (unpaired) electrons. The summed E-state index contributed by atoms with van der Waals surface area (Å²) < 4.78 is 75.0. The summed E-state index contributed by atoms with van der Waals surface area (Å²) in [5.74, 6) is -0.901. The zero-order chi connectivity index (χ0) is 22.9.